The minimum absolute atomic E-state index is 0.102. The number of carbonyl (C=O) groups excluding carboxylic acids is 1. The van der Waals surface area contributed by atoms with Gasteiger partial charge in [-0.15, -0.1) is 0 Å². The van der Waals surface area contributed by atoms with E-state index in [0.717, 1.165) is 43.2 Å². The average molecular weight is 341 g/mol. The predicted octanol–water partition coefficient (Wildman–Crippen LogP) is 1.87. The molecule has 3 heterocycles. The topological polar surface area (TPSA) is 79.4 Å². The van der Waals surface area contributed by atoms with E-state index in [0.29, 0.717) is 6.54 Å². The van der Waals surface area contributed by atoms with Gasteiger partial charge in [0.05, 0.1) is 19.3 Å². The molecule has 7 heteroatoms. The first kappa shape index (κ1) is 17.2. The van der Waals surface area contributed by atoms with Gasteiger partial charge in [-0.2, -0.15) is 0 Å². The number of rotatable bonds is 5. The summed E-state index contributed by atoms with van der Waals surface area (Å²) >= 11 is 0. The molecule has 1 aliphatic heterocycles. The van der Waals surface area contributed by atoms with Gasteiger partial charge in [0.15, 0.2) is 0 Å². The lowest BCUT2D eigenvalue weighted by Gasteiger charge is -2.28. The second kappa shape index (κ2) is 8.43. The predicted molar refractivity (Wildman–Crippen MR) is 95.3 cm³/mol. The Labute approximate surface area is 147 Å². The summed E-state index contributed by atoms with van der Waals surface area (Å²) in [5.41, 5.74) is 1.98. The molecule has 0 bridgehead atoms. The number of ether oxygens (including phenoxy) is 1. The number of carbonyl (C=O) groups is 1. The van der Waals surface area contributed by atoms with Crippen LogP contribution >= 0.6 is 0 Å². The Morgan fingerprint density at radius 2 is 2.16 bits per heavy atom. The van der Waals surface area contributed by atoms with Crippen LogP contribution in [-0.4, -0.2) is 42.3 Å². The first-order valence-corrected chi connectivity index (χ1v) is 8.44. The summed E-state index contributed by atoms with van der Waals surface area (Å²) < 4.78 is 5.36. The third-order valence-corrected chi connectivity index (χ3v) is 4.13. The largest absolute Gasteiger partial charge is 0.378 e. The third-order valence-electron chi connectivity index (χ3n) is 4.13. The Morgan fingerprint density at radius 3 is 2.92 bits per heavy atom. The smallest absolute Gasteiger partial charge is 0.315 e. The Bertz CT molecular complexity index is 689. The molecule has 1 fully saturated rings. The molecule has 0 aromatic carbocycles. The Hall–Kier alpha value is -2.67. The van der Waals surface area contributed by atoms with Gasteiger partial charge in [0, 0.05) is 38.2 Å². The molecule has 25 heavy (non-hydrogen) atoms. The van der Waals surface area contributed by atoms with Crippen molar-refractivity contribution in [3.63, 3.8) is 0 Å². The van der Waals surface area contributed by atoms with Gasteiger partial charge in [0.2, 0.25) is 0 Å². The van der Waals surface area contributed by atoms with Crippen LogP contribution in [0.3, 0.4) is 0 Å². The van der Waals surface area contributed by atoms with Crippen LogP contribution in [0.4, 0.5) is 10.6 Å². The van der Waals surface area contributed by atoms with Crippen molar-refractivity contribution >= 4 is 11.8 Å². The number of aromatic nitrogens is 2. The zero-order valence-corrected chi connectivity index (χ0v) is 14.3. The highest BCUT2D eigenvalue weighted by molar-refractivity contribution is 5.74. The van der Waals surface area contributed by atoms with Crippen molar-refractivity contribution < 1.29 is 9.53 Å². The number of hydrogen-bond donors (Lipinski definition) is 2. The van der Waals surface area contributed by atoms with Crippen molar-refractivity contribution in [2.24, 2.45) is 0 Å². The fourth-order valence-corrected chi connectivity index (χ4v) is 2.68. The molecule has 1 aliphatic rings. The summed E-state index contributed by atoms with van der Waals surface area (Å²) in [6.07, 6.45) is 5.24. The van der Waals surface area contributed by atoms with Crippen molar-refractivity contribution in [1.82, 2.24) is 20.6 Å². The maximum Gasteiger partial charge on any atom is 0.315 e. The molecule has 0 radical (unpaired) electrons. The number of nitrogens with zero attached hydrogens (tertiary/aromatic N) is 3. The Kier molecular flexibility index (Phi) is 5.79. The number of amides is 2. The molecule has 0 saturated carbocycles. The Balaban J connectivity index is 1.52. The van der Waals surface area contributed by atoms with Crippen LogP contribution in [0.25, 0.3) is 0 Å². The van der Waals surface area contributed by atoms with Crippen LogP contribution in [0.2, 0.25) is 0 Å². The zero-order chi connectivity index (χ0) is 17.5. The standard InChI is InChI=1S/C18H23N5O2/c1-14(16-3-2-5-19-13-16)22-18(24)21-12-15-4-6-20-17(11-15)23-7-9-25-10-8-23/h2-6,11,13-14H,7-10,12H2,1H3,(H2,21,22,24)/t14-/m1/s1. The maximum absolute atomic E-state index is 12.1. The van der Waals surface area contributed by atoms with Crippen molar-refractivity contribution in [1.29, 1.82) is 0 Å². The normalized spacial score (nSPS) is 15.5. The van der Waals surface area contributed by atoms with E-state index in [-0.39, 0.29) is 12.1 Å². The van der Waals surface area contributed by atoms with Gasteiger partial charge in [0.25, 0.3) is 0 Å². The van der Waals surface area contributed by atoms with E-state index >= 15 is 0 Å². The van der Waals surface area contributed by atoms with E-state index < -0.39 is 0 Å². The van der Waals surface area contributed by atoms with Gasteiger partial charge >= 0.3 is 6.03 Å². The van der Waals surface area contributed by atoms with E-state index in [1.807, 2.05) is 31.2 Å². The first-order valence-electron chi connectivity index (χ1n) is 8.44. The minimum Gasteiger partial charge on any atom is -0.378 e. The molecule has 0 spiro atoms. The second-order valence-corrected chi connectivity index (χ2v) is 5.96. The highest BCUT2D eigenvalue weighted by Gasteiger charge is 2.13. The summed E-state index contributed by atoms with van der Waals surface area (Å²) in [5, 5.41) is 5.80. The van der Waals surface area contributed by atoms with E-state index in [1.54, 1.807) is 18.6 Å². The van der Waals surface area contributed by atoms with Gasteiger partial charge in [0.1, 0.15) is 5.82 Å². The number of hydrogen-bond acceptors (Lipinski definition) is 5. The lowest BCUT2D eigenvalue weighted by molar-refractivity contribution is 0.122. The monoisotopic (exact) mass is 341 g/mol. The second-order valence-electron chi connectivity index (χ2n) is 5.96. The summed E-state index contributed by atoms with van der Waals surface area (Å²) in [6.45, 7) is 5.50. The molecule has 3 rings (SSSR count). The van der Waals surface area contributed by atoms with E-state index in [2.05, 4.69) is 25.5 Å². The molecule has 2 aromatic heterocycles. The average Bonchev–Trinajstić information content (AvgIpc) is 2.68. The van der Waals surface area contributed by atoms with Crippen LogP contribution in [0.1, 0.15) is 24.1 Å². The molecule has 2 aromatic rings. The molecule has 7 nitrogen and oxygen atoms in total. The summed E-state index contributed by atoms with van der Waals surface area (Å²) in [7, 11) is 0. The molecule has 0 unspecified atom stereocenters. The quantitative estimate of drug-likeness (QED) is 0.868. The van der Waals surface area contributed by atoms with Crippen LogP contribution < -0.4 is 15.5 Å². The fourth-order valence-electron chi connectivity index (χ4n) is 2.68. The van der Waals surface area contributed by atoms with Crippen molar-refractivity contribution in [3.8, 4) is 0 Å². The number of urea groups is 1. The summed E-state index contributed by atoms with van der Waals surface area (Å²) in [6, 6.07) is 7.41. The van der Waals surface area contributed by atoms with Crippen LogP contribution in [0, 0.1) is 0 Å². The van der Waals surface area contributed by atoms with Gasteiger partial charge in [-0.25, -0.2) is 9.78 Å². The third kappa shape index (κ3) is 4.90. The van der Waals surface area contributed by atoms with Gasteiger partial charge in [-0.1, -0.05) is 6.07 Å². The lowest BCUT2D eigenvalue weighted by atomic mass is 10.1. The fraction of sp³-hybridized carbons (Fsp3) is 0.389. The highest BCUT2D eigenvalue weighted by Crippen LogP contribution is 2.14. The van der Waals surface area contributed by atoms with E-state index in [9.17, 15) is 4.79 Å². The SMILES string of the molecule is C[C@@H](NC(=O)NCc1ccnc(N2CCOCC2)c1)c1cccnc1. The van der Waals surface area contributed by atoms with Crippen molar-refractivity contribution in [2.45, 2.75) is 19.5 Å². The minimum atomic E-state index is -0.207. The number of pyridine rings is 2. The number of morpholine rings is 1. The maximum atomic E-state index is 12.1. The van der Waals surface area contributed by atoms with Crippen LogP contribution in [0.5, 0.6) is 0 Å². The van der Waals surface area contributed by atoms with E-state index in [1.165, 1.54) is 0 Å². The molecule has 2 N–H and O–H groups in total. The zero-order valence-electron chi connectivity index (χ0n) is 14.3. The molecular formula is C18H23N5O2. The van der Waals surface area contributed by atoms with Crippen LogP contribution in [-0.2, 0) is 11.3 Å². The molecule has 1 saturated heterocycles. The van der Waals surface area contributed by atoms with Gasteiger partial charge in [-0.05, 0) is 36.2 Å². The highest BCUT2D eigenvalue weighted by atomic mass is 16.5. The first-order chi connectivity index (χ1) is 12.2. The molecule has 0 aliphatic carbocycles. The Morgan fingerprint density at radius 1 is 1.32 bits per heavy atom. The number of nitrogens with one attached hydrogen (secondary N) is 2. The summed E-state index contributed by atoms with van der Waals surface area (Å²) in [5.74, 6) is 0.923. The van der Waals surface area contributed by atoms with Gasteiger partial charge < -0.3 is 20.3 Å². The lowest BCUT2D eigenvalue weighted by Crippen LogP contribution is -2.37. The summed E-state index contributed by atoms with van der Waals surface area (Å²) in [4.78, 5) is 22.8. The van der Waals surface area contributed by atoms with Crippen LogP contribution in [0.15, 0.2) is 42.9 Å². The van der Waals surface area contributed by atoms with Crippen molar-refractivity contribution in [2.75, 3.05) is 31.2 Å². The molecule has 2 amide bonds. The molecule has 132 valence electrons. The van der Waals surface area contributed by atoms with Gasteiger partial charge in [-0.3, -0.25) is 4.98 Å². The van der Waals surface area contributed by atoms with E-state index in [4.69, 9.17) is 4.74 Å². The van der Waals surface area contributed by atoms with Crippen molar-refractivity contribution in [3.05, 3.63) is 54.0 Å². The molecule has 1 atom stereocenters. The molecular weight excluding hydrogens is 318 g/mol. The number of anilines is 1.